The molecular weight excluding hydrogens is 380 g/mol. The number of nitrogen functional groups attached to an aromatic ring is 2. The fourth-order valence-electron chi connectivity index (χ4n) is 4.20. The van der Waals surface area contributed by atoms with Crippen molar-refractivity contribution >= 4 is 74.4 Å². The van der Waals surface area contributed by atoms with Crippen LogP contribution >= 0.6 is 22.7 Å². The molecule has 0 saturated heterocycles. The minimum absolute atomic E-state index is 0.769. The molecule has 0 amide bonds. The van der Waals surface area contributed by atoms with Gasteiger partial charge in [0, 0.05) is 62.8 Å². The van der Waals surface area contributed by atoms with Crippen molar-refractivity contribution in [3.63, 3.8) is 0 Å². The van der Waals surface area contributed by atoms with E-state index >= 15 is 0 Å². The topological polar surface area (TPSA) is 52.0 Å². The van der Waals surface area contributed by atoms with E-state index in [1.54, 1.807) is 22.7 Å². The summed E-state index contributed by atoms with van der Waals surface area (Å²) in [7, 11) is 0. The van der Waals surface area contributed by atoms with E-state index < -0.39 is 0 Å². The van der Waals surface area contributed by atoms with Gasteiger partial charge in [0.2, 0.25) is 0 Å². The smallest absolute Gasteiger partial charge is 0.0402 e. The maximum atomic E-state index is 6.59. The van der Waals surface area contributed by atoms with Crippen molar-refractivity contribution in [2.45, 2.75) is 0 Å². The van der Waals surface area contributed by atoms with E-state index in [1.807, 2.05) is 12.1 Å². The zero-order valence-electron chi connectivity index (χ0n) is 14.9. The molecule has 2 heterocycles. The number of hydrogen-bond donors (Lipinski definition) is 2. The van der Waals surface area contributed by atoms with Crippen LogP contribution in [0.4, 0.5) is 11.4 Å². The molecule has 4 heteroatoms. The maximum absolute atomic E-state index is 6.59. The van der Waals surface area contributed by atoms with Gasteiger partial charge in [-0.05, 0) is 36.4 Å². The maximum Gasteiger partial charge on any atom is 0.0402 e. The van der Waals surface area contributed by atoms with Crippen molar-refractivity contribution in [2.24, 2.45) is 0 Å². The first kappa shape index (κ1) is 15.9. The number of thiophene rings is 2. The zero-order chi connectivity index (χ0) is 18.8. The van der Waals surface area contributed by atoms with Crippen LogP contribution in [0.5, 0.6) is 0 Å². The zero-order valence-corrected chi connectivity index (χ0v) is 16.5. The van der Waals surface area contributed by atoms with E-state index in [9.17, 15) is 0 Å². The van der Waals surface area contributed by atoms with E-state index in [-0.39, 0.29) is 0 Å². The first-order valence-corrected chi connectivity index (χ1v) is 10.8. The van der Waals surface area contributed by atoms with Crippen LogP contribution in [-0.4, -0.2) is 0 Å². The molecule has 0 atom stereocenters. The average molecular weight is 397 g/mol. The molecule has 0 aliphatic rings. The molecule has 0 fully saturated rings. The van der Waals surface area contributed by atoms with Crippen LogP contribution < -0.4 is 11.5 Å². The van der Waals surface area contributed by atoms with E-state index in [2.05, 4.69) is 60.7 Å². The summed E-state index contributed by atoms with van der Waals surface area (Å²) in [5.41, 5.74) is 16.8. The molecular formula is C24H16N2S2. The Balaban J connectivity index is 1.88. The average Bonchev–Trinajstić information content (AvgIpc) is 3.27. The fourth-order valence-corrected chi connectivity index (χ4v) is 6.43. The normalized spacial score (nSPS) is 11.9. The summed E-state index contributed by atoms with van der Waals surface area (Å²) in [5.74, 6) is 0. The quantitative estimate of drug-likeness (QED) is 0.287. The van der Waals surface area contributed by atoms with E-state index in [1.165, 1.54) is 40.3 Å². The van der Waals surface area contributed by atoms with Gasteiger partial charge in [0.25, 0.3) is 0 Å². The summed E-state index contributed by atoms with van der Waals surface area (Å²) in [6.45, 7) is 0. The summed E-state index contributed by atoms with van der Waals surface area (Å²) in [6.07, 6.45) is 0. The van der Waals surface area contributed by atoms with Gasteiger partial charge in [-0.2, -0.15) is 0 Å². The largest absolute Gasteiger partial charge is 0.398 e. The highest BCUT2D eigenvalue weighted by atomic mass is 32.1. The molecule has 0 aliphatic heterocycles. The van der Waals surface area contributed by atoms with E-state index in [4.69, 9.17) is 11.5 Å². The molecule has 0 saturated carbocycles. The van der Waals surface area contributed by atoms with Crippen molar-refractivity contribution in [1.29, 1.82) is 0 Å². The lowest BCUT2D eigenvalue weighted by Gasteiger charge is -2.13. The Bertz CT molecular complexity index is 1420. The predicted molar refractivity (Wildman–Crippen MR) is 126 cm³/mol. The van der Waals surface area contributed by atoms with Gasteiger partial charge in [0.15, 0.2) is 0 Å². The molecule has 28 heavy (non-hydrogen) atoms. The monoisotopic (exact) mass is 396 g/mol. The molecule has 6 rings (SSSR count). The lowest BCUT2D eigenvalue weighted by atomic mass is 9.93. The predicted octanol–water partition coefficient (Wildman–Crippen LogP) is 7.25. The van der Waals surface area contributed by atoms with Crippen LogP contribution in [0.1, 0.15) is 0 Å². The number of fused-ring (bicyclic) bond motifs is 6. The van der Waals surface area contributed by atoms with Gasteiger partial charge in [0.05, 0.1) is 0 Å². The van der Waals surface area contributed by atoms with Crippen LogP contribution in [0.15, 0.2) is 72.8 Å². The van der Waals surface area contributed by atoms with Crippen molar-refractivity contribution in [3.8, 4) is 11.1 Å². The Morgan fingerprint density at radius 1 is 0.464 bits per heavy atom. The molecule has 4 N–H and O–H groups in total. The van der Waals surface area contributed by atoms with E-state index in [0.717, 1.165) is 22.5 Å². The van der Waals surface area contributed by atoms with Crippen molar-refractivity contribution in [3.05, 3.63) is 72.8 Å². The lowest BCUT2D eigenvalue weighted by Crippen LogP contribution is -1.96. The summed E-state index contributed by atoms with van der Waals surface area (Å²) < 4.78 is 5.01. The minimum atomic E-state index is 0.769. The minimum Gasteiger partial charge on any atom is -0.398 e. The van der Waals surface area contributed by atoms with Gasteiger partial charge in [-0.1, -0.05) is 36.4 Å². The summed E-state index contributed by atoms with van der Waals surface area (Å²) >= 11 is 3.60. The molecule has 2 nitrogen and oxygen atoms in total. The Kier molecular flexibility index (Phi) is 3.25. The first-order chi connectivity index (χ1) is 13.7. The second kappa shape index (κ2) is 5.71. The molecule has 4 aromatic carbocycles. The molecule has 0 unspecified atom stereocenters. The number of rotatable bonds is 1. The van der Waals surface area contributed by atoms with Gasteiger partial charge in [0.1, 0.15) is 0 Å². The molecule has 0 radical (unpaired) electrons. The Morgan fingerprint density at radius 3 is 1.36 bits per heavy atom. The highest BCUT2D eigenvalue weighted by Crippen LogP contribution is 2.49. The fraction of sp³-hybridized carbons (Fsp3) is 0. The number of benzene rings is 4. The van der Waals surface area contributed by atoms with Crippen LogP contribution in [0.25, 0.3) is 51.5 Å². The van der Waals surface area contributed by atoms with Crippen LogP contribution in [0.3, 0.4) is 0 Å². The van der Waals surface area contributed by atoms with Gasteiger partial charge in [-0.15, -0.1) is 22.7 Å². The summed E-state index contributed by atoms with van der Waals surface area (Å²) in [6, 6.07) is 25.3. The number of hydrogen-bond acceptors (Lipinski definition) is 4. The van der Waals surface area contributed by atoms with E-state index in [0.29, 0.717) is 0 Å². The molecule has 0 aliphatic carbocycles. The Labute approximate surface area is 169 Å². The molecule has 134 valence electrons. The molecule has 6 aromatic rings. The van der Waals surface area contributed by atoms with Crippen LogP contribution in [0, 0.1) is 0 Å². The van der Waals surface area contributed by atoms with Gasteiger partial charge < -0.3 is 11.5 Å². The summed E-state index contributed by atoms with van der Waals surface area (Å²) in [4.78, 5) is 0. The highest BCUT2D eigenvalue weighted by Gasteiger charge is 2.20. The second-order valence-corrected chi connectivity index (χ2v) is 9.17. The lowest BCUT2D eigenvalue weighted by molar-refractivity contribution is 1.71. The first-order valence-electron chi connectivity index (χ1n) is 9.12. The van der Waals surface area contributed by atoms with Crippen LogP contribution in [-0.2, 0) is 0 Å². The van der Waals surface area contributed by atoms with Crippen LogP contribution in [0.2, 0.25) is 0 Å². The molecule has 2 aromatic heterocycles. The van der Waals surface area contributed by atoms with Crippen molar-refractivity contribution in [1.82, 2.24) is 0 Å². The van der Waals surface area contributed by atoms with Gasteiger partial charge in [-0.3, -0.25) is 0 Å². The Morgan fingerprint density at radius 2 is 0.893 bits per heavy atom. The van der Waals surface area contributed by atoms with Crippen molar-refractivity contribution < 1.29 is 0 Å². The third-order valence-corrected chi connectivity index (χ3v) is 7.67. The van der Waals surface area contributed by atoms with Gasteiger partial charge >= 0.3 is 0 Å². The standard InChI is InChI=1S/C24H16N2S2/c25-15-9-11-19-21(13-5-1-3-7-17(13)27-19)23(15)24-16(26)10-12-20-22(24)14-6-2-4-8-18(14)28-20/h1-12H,25-26H2. The highest BCUT2D eigenvalue weighted by molar-refractivity contribution is 7.26. The molecule has 0 spiro atoms. The summed E-state index contributed by atoms with van der Waals surface area (Å²) in [5, 5.41) is 4.88. The third kappa shape index (κ3) is 2.07. The van der Waals surface area contributed by atoms with Crippen molar-refractivity contribution in [2.75, 3.05) is 11.5 Å². The number of anilines is 2. The SMILES string of the molecule is Nc1ccc2sc3ccccc3c2c1-c1c(N)ccc2sc3ccccc3c12. The number of nitrogens with two attached hydrogens (primary N) is 2. The third-order valence-electron chi connectivity index (χ3n) is 5.40. The van der Waals surface area contributed by atoms with Gasteiger partial charge in [-0.25, -0.2) is 0 Å². The Hall–Kier alpha value is -3.08. The molecule has 0 bridgehead atoms. The second-order valence-electron chi connectivity index (χ2n) is 7.00.